The first-order valence-corrected chi connectivity index (χ1v) is 10.2. The summed E-state index contributed by atoms with van der Waals surface area (Å²) >= 11 is 0. The highest BCUT2D eigenvalue weighted by molar-refractivity contribution is 5.85. The minimum atomic E-state index is -0.461. The molecule has 0 saturated carbocycles. The number of hydrogen-bond acceptors (Lipinski definition) is 7. The van der Waals surface area contributed by atoms with Crippen LogP contribution in [0.2, 0.25) is 0 Å². The molecule has 1 aromatic rings. The van der Waals surface area contributed by atoms with E-state index in [4.69, 9.17) is 4.74 Å². The molecule has 0 bridgehead atoms. The third-order valence-electron chi connectivity index (χ3n) is 5.54. The molecule has 2 aliphatic heterocycles. The van der Waals surface area contributed by atoms with Crippen molar-refractivity contribution < 1.29 is 19.2 Å². The van der Waals surface area contributed by atoms with Crippen molar-refractivity contribution in [3.05, 3.63) is 34.4 Å². The van der Waals surface area contributed by atoms with Crippen LogP contribution < -0.4 is 4.90 Å². The molecule has 1 aromatic carbocycles. The van der Waals surface area contributed by atoms with Crippen LogP contribution in [0.4, 0.5) is 11.4 Å². The lowest BCUT2D eigenvalue weighted by Crippen LogP contribution is -2.54. The third kappa shape index (κ3) is 5.23. The summed E-state index contributed by atoms with van der Waals surface area (Å²) in [5.41, 5.74) is 1.02. The van der Waals surface area contributed by atoms with Crippen molar-refractivity contribution in [2.24, 2.45) is 0 Å². The maximum atomic E-state index is 12.8. The van der Waals surface area contributed by atoms with Gasteiger partial charge in [0.05, 0.1) is 18.1 Å². The smallest absolute Gasteiger partial charge is 0.328 e. The lowest BCUT2D eigenvalue weighted by molar-refractivity contribution is -0.384. The summed E-state index contributed by atoms with van der Waals surface area (Å²) in [5, 5.41) is 10.8. The number of non-ortho nitro benzene ring substituents is 1. The zero-order valence-corrected chi connectivity index (χ0v) is 16.8. The van der Waals surface area contributed by atoms with Crippen molar-refractivity contribution in [2.75, 3.05) is 50.8 Å². The third-order valence-corrected chi connectivity index (χ3v) is 5.54. The number of ether oxygens (including phenoxy) is 1. The Morgan fingerprint density at radius 2 is 1.79 bits per heavy atom. The molecule has 9 heteroatoms. The zero-order valence-electron chi connectivity index (χ0n) is 16.8. The van der Waals surface area contributed by atoms with Gasteiger partial charge in [0.2, 0.25) is 5.91 Å². The van der Waals surface area contributed by atoms with Crippen molar-refractivity contribution in [1.29, 1.82) is 0 Å². The highest BCUT2D eigenvalue weighted by Crippen LogP contribution is 2.22. The van der Waals surface area contributed by atoms with E-state index in [0.29, 0.717) is 26.1 Å². The zero-order chi connectivity index (χ0) is 20.8. The normalized spacial score (nSPS) is 20.4. The Bertz CT molecular complexity index is 731. The van der Waals surface area contributed by atoms with Crippen molar-refractivity contribution in [2.45, 2.75) is 32.2 Å². The molecule has 0 N–H and O–H groups in total. The number of amides is 1. The largest absolute Gasteiger partial charge is 0.464 e. The summed E-state index contributed by atoms with van der Waals surface area (Å²) in [4.78, 5) is 41.4. The maximum absolute atomic E-state index is 12.8. The van der Waals surface area contributed by atoms with E-state index in [9.17, 15) is 19.7 Å². The molecule has 29 heavy (non-hydrogen) atoms. The summed E-state index contributed by atoms with van der Waals surface area (Å²) in [6.45, 7) is 5.93. The predicted octanol–water partition coefficient (Wildman–Crippen LogP) is 1.66. The molecular formula is C20H28N4O5. The number of carbonyl (C=O) groups excluding carboxylic acids is 2. The Morgan fingerprint density at radius 1 is 1.10 bits per heavy atom. The molecule has 0 radical (unpaired) electrons. The van der Waals surface area contributed by atoms with Gasteiger partial charge in [-0.25, -0.2) is 4.79 Å². The number of esters is 1. The summed E-state index contributed by atoms with van der Waals surface area (Å²) in [5.74, 6) is -0.324. The van der Waals surface area contributed by atoms with E-state index >= 15 is 0 Å². The van der Waals surface area contributed by atoms with Gasteiger partial charge in [-0.15, -0.1) is 0 Å². The van der Waals surface area contributed by atoms with E-state index in [0.717, 1.165) is 44.7 Å². The van der Waals surface area contributed by atoms with Crippen molar-refractivity contribution in [1.82, 2.24) is 9.80 Å². The number of likely N-dealkylation sites (tertiary alicyclic amines) is 1. The lowest BCUT2D eigenvalue weighted by atomic mass is 10.0. The van der Waals surface area contributed by atoms with E-state index < -0.39 is 11.0 Å². The van der Waals surface area contributed by atoms with Crippen LogP contribution in [-0.2, 0) is 14.3 Å². The van der Waals surface area contributed by atoms with Crippen LogP contribution in [0.15, 0.2) is 24.3 Å². The molecule has 2 fully saturated rings. The van der Waals surface area contributed by atoms with E-state index in [1.807, 2.05) is 0 Å². The van der Waals surface area contributed by atoms with Gasteiger partial charge in [-0.1, -0.05) is 0 Å². The average molecular weight is 404 g/mol. The Hall–Kier alpha value is -2.68. The van der Waals surface area contributed by atoms with Gasteiger partial charge in [-0.05, 0) is 38.3 Å². The Morgan fingerprint density at radius 3 is 2.41 bits per heavy atom. The minimum Gasteiger partial charge on any atom is -0.464 e. The molecule has 2 aliphatic rings. The molecule has 0 aliphatic carbocycles. The number of piperazine rings is 1. The van der Waals surface area contributed by atoms with Gasteiger partial charge in [-0.2, -0.15) is 0 Å². The molecule has 2 heterocycles. The quantitative estimate of drug-likeness (QED) is 0.404. The number of rotatable bonds is 6. The van der Waals surface area contributed by atoms with Crippen LogP contribution in [0, 0.1) is 10.1 Å². The molecule has 2 saturated heterocycles. The second kappa shape index (κ2) is 9.69. The molecule has 0 unspecified atom stereocenters. The number of hydrogen-bond donors (Lipinski definition) is 0. The van der Waals surface area contributed by atoms with Crippen LogP contribution in [0.3, 0.4) is 0 Å². The maximum Gasteiger partial charge on any atom is 0.328 e. The summed E-state index contributed by atoms with van der Waals surface area (Å²) in [6.07, 6.45) is 2.51. The highest BCUT2D eigenvalue weighted by Gasteiger charge is 2.34. The number of benzene rings is 1. The molecule has 1 atom stereocenters. The first-order chi connectivity index (χ1) is 14.0. The van der Waals surface area contributed by atoms with E-state index in [2.05, 4.69) is 9.80 Å². The van der Waals surface area contributed by atoms with Gasteiger partial charge in [0.25, 0.3) is 5.69 Å². The molecule has 1 amide bonds. The van der Waals surface area contributed by atoms with Crippen LogP contribution in [0.1, 0.15) is 26.2 Å². The topological polar surface area (TPSA) is 96.2 Å². The molecular weight excluding hydrogens is 376 g/mol. The number of carbonyl (C=O) groups is 2. The van der Waals surface area contributed by atoms with Gasteiger partial charge < -0.3 is 14.5 Å². The van der Waals surface area contributed by atoms with Crippen LogP contribution >= 0.6 is 0 Å². The van der Waals surface area contributed by atoms with Crippen LogP contribution in [0.25, 0.3) is 0 Å². The second-order valence-electron chi connectivity index (χ2n) is 7.39. The van der Waals surface area contributed by atoms with E-state index in [-0.39, 0.29) is 17.6 Å². The number of anilines is 1. The fraction of sp³-hybridized carbons (Fsp3) is 0.600. The second-order valence-corrected chi connectivity index (χ2v) is 7.39. The SMILES string of the molecule is CCOC(=O)[C@H]1CCCCN1C(=O)CN1CCN(c2ccc([N+](=O)[O-])cc2)CC1. The van der Waals surface area contributed by atoms with Crippen molar-refractivity contribution >= 4 is 23.3 Å². The first-order valence-electron chi connectivity index (χ1n) is 10.2. The Kier molecular flexibility index (Phi) is 7.03. The fourth-order valence-corrected chi connectivity index (χ4v) is 3.95. The molecule has 0 spiro atoms. The standard InChI is InChI=1S/C20H28N4O5/c1-2-29-20(26)18-5-3-4-10-23(18)19(25)15-21-11-13-22(14-12-21)16-6-8-17(9-7-16)24(27)28/h6-9,18H,2-5,10-15H2,1H3/t18-/m1/s1. The first kappa shape index (κ1) is 21.0. The van der Waals surface area contributed by atoms with Crippen molar-refractivity contribution in [3.8, 4) is 0 Å². The van der Waals surface area contributed by atoms with Gasteiger partial charge in [0, 0.05) is 50.5 Å². The fourth-order valence-electron chi connectivity index (χ4n) is 3.95. The molecule has 9 nitrogen and oxygen atoms in total. The van der Waals surface area contributed by atoms with E-state index in [1.54, 1.807) is 24.0 Å². The van der Waals surface area contributed by atoms with Gasteiger partial charge in [0.15, 0.2) is 0 Å². The molecule has 158 valence electrons. The molecule has 3 rings (SSSR count). The van der Waals surface area contributed by atoms with Crippen LogP contribution in [-0.4, -0.2) is 78.5 Å². The molecule has 0 aromatic heterocycles. The van der Waals surface area contributed by atoms with E-state index in [1.165, 1.54) is 12.1 Å². The Labute approximate surface area is 170 Å². The number of nitro benzene ring substituents is 1. The minimum absolute atomic E-state index is 0.0217. The summed E-state index contributed by atoms with van der Waals surface area (Å²) in [6, 6.07) is 6.08. The average Bonchev–Trinajstić information content (AvgIpc) is 2.74. The van der Waals surface area contributed by atoms with Crippen molar-refractivity contribution in [3.63, 3.8) is 0 Å². The number of nitrogens with zero attached hydrogens (tertiary/aromatic N) is 4. The highest BCUT2D eigenvalue weighted by atomic mass is 16.6. The lowest BCUT2D eigenvalue weighted by Gasteiger charge is -2.38. The van der Waals surface area contributed by atoms with Gasteiger partial charge in [-0.3, -0.25) is 19.8 Å². The predicted molar refractivity (Wildman–Crippen MR) is 108 cm³/mol. The van der Waals surface area contributed by atoms with Gasteiger partial charge in [0.1, 0.15) is 6.04 Å². The van der Waals surface area contributed by atoms with Crippen LogP contribution in [0.5, 0.6) is 0 Å². The summed E-state index contributed by atoms with van der Waals surface area (Å²) < 4.78 is 5.14. The van der Waals surface area contributed by atoms with Gasteiger partial charge >= 0.3 is 5.97 Å². The monoisotopic (exact) mass is 404 g/mol. The Balaban J connectivity index is 1.52. The summed E-state index contributed by atoms with van der Waals surface area (Å²) in [7, 11) is 0. The number of nitro groups is 1. The number of piperidine rings is 1.